The van der Waals surface area contributed by atoms with Crippen molar-refractivity contribution in [3.05, 3.63) is 0 Å². The van der Waals surface area contributed by atoms with Crippen LogP contribution in [0.1, 0.15) is 13.8 Å². The molecule has 0 aromatic carbocycles. The van der Waals surface area contributed by atoms with Gasteiger partial charge < -0.3 is 0 Å². The van der Waals surface area contributed by atoms with Crippen LogP contribution >= 0.6 is 0 Å². The quantitative estimate of drug-likeness (QED) is 0.445. The summed E-state index contributed by atoms with van der Waals surface area (Å²) >= 11 is 0. The van der Waals surface area contributed by atoms with Crippen LogP contribution in [-0.2, 0) is 14.3 Å². The Balaban J connectivity index is 4.06. The molecule has 0 bridgehead atoms. The summed E-state index contributed by atoms with van der Waals surface area (Å²) in [5, 5.41) is 0. The summed E-state index contributed by atoms with van der Waals surface area (Å²) in [5.74, 6) is 2.11. The second-order valence-electron chi connectivity index (χ2n) is 1.75. The molecule has 0 aromatic heterocycles. The highest BCUT2D eigenvalue weighted by Gasteiger charge is 2.10. The Kier molecular flexibility index (Phi) is 3.40. The van der Waals surface area contributed by atoms with Crippen LogP contribution in [0.5, 0.6) is 0 Å². The van der Waals surface area contributed by atoms with Crippen molar-refractivity contribution < 1.29 is 12.6 Å². The van der Waals surface area contributed by atoms with Gasteiger partial charge in [0, 0.05) is 0 Å². The molecule has 0 N–H and O–H groups in total. The molecule has 1 atom stereocenters. The molecule has 4 heteroatoms. The van der Waals surface area contributed by atoms with Crippen molar-refractivity contribution in [3.8, 4) is 12.3 Å². The Morgan fingerprint density at radius 2 is 2.20 bits per heavy atom. The molecule has 0 radical (unpaired) electrons. The highest BCUT2D eigenvalue weighted by molar-refractivity contribution is 7.86. The van der Waals surface area contributed by atoms with Crippen LogP contribution in [0, 0.1) is 12.3 Å². The number of hydrogen-bond acceptors (Lipinski definition) is 3. The summed E-state index contributed by atoms with van der Waals surface area (Å²) in [5.41, 5.74) is 0. The van der Waals surface area contributed by atoms with E-state index in [1.807, 2.05) is 0 Å². The zero-order valence-corrected chi connectivity index (χ0v) is 6.81. The molecule has 0 amide bonds. The van der Waals surface area contributed by atoms with E-state index in [2.05, 4.69) is 10.1 Å². The lowest BCUT2D eigenvalue weighted by molar-refractivity contribution is 0.284. The zero-order valence-electron chi connectivity index (χ0n) is 5.99. The first-order valence-electron chi connectivity index (χ1n) is 2.89. The molecule has 1 unspecified atom stereocenters. The van der Waals surface area contributed by atoms with Crippen LogP contribution < -0.4 is 0 Å². The molecule has 0 spiro atoms. The van der Waals surface area contributed by atoms with Gasteiger partial charge in [0.15, 0.2) is 0 Å². The van der Waals surface area contributed by atoms with E-state index in [0.717, 1.165) is 0 Å². The SMILES string of the molecule is C#CC(C)OS(=O)(=O)CC. The average Bonchev–Trinajstić information content (AvgIpc) is 1.87. The molecular formula is C6H10O3S. The maximum Gasteiger partial charge on any atom is 0.268 e. The Morgan fingerprint density at radius 1 is 1.70 bits per heavy atom. The molecular weight excluding hydrogens is 152 g/mol. The van der Waals surface area contributed by atoms with E-state index >= 15 is 0 Å². The van der Waals surface area contributed by atoms with Crippen molar-refractivity contribution >= 4 is 10.1 Å². The Morgan fingerprint density at radius 3 is 2.50 bits per heavy atom. The lowest BCUT2D eigenvalue weighted by Gasteiger charge is -2.03. The summed E-state index contributed by atoms with van der Waals surface area (Å²) in [7, 11) is -3.37. The molecule has 0 aliphatic rings. The van der Waals surface area contributed by atoms with Crippen LogP contribution in [0.3, 0.4) is 0 Å². The fourth-order valence-corrected chi connectivity index (χ4v) is 0.947. The van der Waals surface area contributed by atoms with Gasteiger partial charge in [-0.25, -0.2) is 0 Å². The van der Waals surface area contributed by atoms with Crippen molar-refractivity contribution in [3.63, 3.8) is 0 Å². The van der Waals surface area contributed by atoms with Crippen molar-refractivity contribution in [2.24, 2.45) is 0 Å². The zero-order chi connectivity index (χ0) is 8.20. The fraction of sp³-hybridized carbons (Fsp3) is 0.667. The lowest BCUT2D eigenvalue weighted by atomic mass is 10.4. The van der Waals surface area contributed by atoms with Crippen LogP contribution in [0.25, 0.3) is 0 Å². The molecule has 0 rings (SSSR count). The molecule has 0 saturated heterocycles. The normalized spacial score (nSPS) is 14.1. The van der Waals surface area contributed by atoms with Crippen LogP contribution in [0.15, 0.2) is 0 Å². The standard InChI is InChI=1S/C6H10O3S/c1-4-6(3)9-10(7,8)5-2/h1,6H,5H2,2-3H3. The minimum Gasteiger partial charge on any atom is -0.254 e. The maximum atomic E-state index is 10.7. The van der Waals surface area contributed by atoms with Gasteiger partial charge in [0.05, 0.1) is 5.75 Å². The van der Waals surface area contributed by atoms with Gasteiger partial charge in [-0.05, 0) is 13.8 Å². The van der Waals surface area contributed by atoms with E-state index in [0.29, 0.717) is 0 Å². The molecule has 0 aliphatic carbocycles. The first-order valence-corrected chi connectivity index (χ1v) is 4.46. The number of rotatable bonds is 3. The van der Waals surface area contributed by atoms with Crippen LogP contribution in [-0.4, -0.2) is 20.3 Å². The molecule has 0 aliphatic heterocycles. The lowest BCUT2D eigenvalue weighted by Crippen LogP contribution is -2.14. The minimum atomic E-state index is -3.37. The summed E-state index contributed by atoms with van der Waals surface area (Å²) < 4.78 is 25.8. The molecule has 10 heavy (non-hydrogen) atoms. The third-order valence-electron chi connectivity index (χ3n) is 0.879. The third-order valence-corrected chi connectivity index (χ3v) is 2.17. The van der Waals surface area contributed by atoms with E-state index in [1.54, 1.807) is 0 Å². The minimum absolute atomic E-state index is 0.0426. The van der Waals surface area contributed by atoms with E-state index in [-0.39, 0.29) is 5.75 Å². The molecule has 3 nitrogen and oxygen atoms in total. The third kappa shape index (κ3) is 3.49. The number of hydrogen-bond donors (Lipinski definition) is 0. The first-order chi connectivity index (χ1) is 4.52. The van der Waals surface area contributed by atoms with Crippen LogP contribution in [0.2, 0.25) is 0 Å². The van der Waals surface area contributed by atoms with Gasteiger partial charge >= 0.3 is 0 Å². The summed E-state index contributed by atoms with van der Waals surface area (Å²) in [6, 6.07) is 0. The van der Waals surface area contributed by atoms with Gasteiger partial charge in [0.2, 0.25) is 0 Å². The topological polar surface area (TPSA) is 43.4 Å². The summed E-state index contributed by atoms with van der Waals surface area (Å²) in [6.45, 7) is 3.01. The smallest absolute Gasteiger partial charge is 0.254 e. The fourth-order valence-electron chi connectivity index (χ4n) is 0.316. The van der Waals surface area contributed by atoms with Gasteiger partial charge in [-0.1, -0.05) is 5.92 Å². The Labute approximate surface area is 61.5 Å². The Hall–Kier alpha value is -0.530. The van der Waals surface area contributed by atoms with Crippen molar-refractivity contribution in [1.82, 2.24) is 0 Å². The van der Waals surface area contributed by atoms with E-state index in [4.69, 9.17) is 6.42 Å². The predicted molar refractivity (Wildman–Crippen MR) is 38.8 cm³/mol. The molecule has 0 saturated carbocycles. The monoisotopic (exact) mass is 162 g/mol. The van der Waals surface area contributed by atoms with E-state index < -0.39 is 16.2 Å². The molecule has 0 aromatic rings. The Bertz CT molecular complexity index is 222. The van der Waals surface area contributed by atoms with E-state index in [9.17, 15) is 8.42 Å². The highest BCUT2D eigenvalue weighted by atomic mass is 32.2. The van der Waals surface area contributed by atoms with Gasteiger partial charge in [0.25, 0.3) is 10.1 Å². The highest BCUT2D eigenvalue weighted by Crippen LogP contribution is 1.97. The summed E-state index contributed by atoms with van der Waals surface area (Å²) in [6.07, 6.45) is 4.23. The van der Waals surface area contributed by atoms with Crippen LogP contribution in [0.4, 0.5) is 0 Å². The second-order valence-corrected chi connectivity index (χ2v) is 3.64. The maximum absolute atomic E-state index is 10.7. The van der Waals surface area contributed by atoms with Gasteiger partial charge in [-0.15, -0.1) is 6.42 Å². The second kappa shape index (κ2) is 3.59. The average molecular weight is 162 g/mol. The largest absolute Gasteiger partial charge is 0.268 e. The molecule has 58 valence electrons. The van der Waals surface area contributed by atoms with Gasteiger partial charge in [-0.3, -0.25) is 4.18 Å². The van der Waals surface area contributed by atoms with E-state index in [1.165, 1.54) is 13.8 Å². The van der Waals surface area contributed by atoms with Gasteiger partial charge in [0.1, 0.15) is 6.10 Å². The molecule has 0 heterocycles. The first kappa shape index (κ1) is 9.47. The predicted octanol–water partition coefficient (Wildman–Crippen LogP) is 0.374. The van der Waals surface area contributed by atoms with Crippen molar-refractivity contribution in [1.29, 1.82) is 0 Å². The summed E-state index contributed by atoms with van der Waals surface area (Å²) in [4.78, 5) is 0. The van der Waals surface area contributed by atoms with Crippen molar-refractivity contribution in [2.75, 3.05) is 5.75 Å². The number of terminal acetylenes is 1. The van der Waals surface area contributed by atoms with Gasteiger partial charge in [-0.2, -0.15) is 8.42 Å². The molecule has 0 fully saturated rings. The van der Waals surface area contributed by atoms with Crippen molar-refractivity contribution in [2.45, 2.75) is 20.0 Å².